The Hall–Kier alpha value is -3.77. The van der Waals surface area contributed by atoms with Gasteiger partial charge in [0.15, 0.2) is 0 Å². The fourth-order valence-electron chi connectivity index (χ4n) is 3.26. The van der Waals surface area contributed by atoms with Crippen molar-refractivity contribution < 1.29 is 9.59 Å². The predicted molar refractivity (Wildman–Crippen MR) is 133 cm³/mol. The molecule has 1 atom stereocenters. The van der Waals surface area contributed by atoms with Gasteiger partial charge in [0.1, 0.15) is 0 Å². The summed E-state index contributed by atoms with van der Waals surface area (Å²) < 4.78 is 0. The number of hydrogen-bond donors (Lipinski definition) is 3. The summed E-state index contributed by atoms with van der Waals surface area (Å²) in [6, 6.07) is 30.2. The van der Waals surface area contributed by atoms with Crippen LogP contribution >= 0.6 is 11.8 Å². The molecule has 160 valence electrons. The minimum absolute atomic E-state index is 0.0595. The van der Waals surface area contributed by atoms with E-state index in [0.29, 0.717) is 5.69 Å². The lowest BCUT2D eigenvalue weighted by Gasteiger charge is -2.14. The number of thioether (sulfide) groups is 1. The van der Waals surface area contributed by atoms with Crippen molar-refractivity contribution in [2.75, 3.05) is 16.0 Å². The number of nitrogens with one attached hydrogen (secondary N) is 3. The molecule has 3 amide bonds. The molecule has 0 heterocycles. The summed E-state index contributed by atoms with van der Waals surface area (Å²) in [5, 5.41) is 10.4. The first-order chi connectivity index (χ1) is 15.6. The summed E-state index contributed by atoms with van der Waals surface area (Å²) in [6.45, 7) is 1.88. The third kappa shape index (κ3) is 5.47. The maximum Gasteiger partial charge on any atom is 0.323 e. The Morgan fingerprint density at radius 3 is 2.06 bits per heavy atom. The normalized spacial score (nSPS) is 11.5. The van der Waals surface area contributed by atoms with Crippen molar-refractivity contribution in [2.24, 2.45) is 0 Å². The molecule has 0 aliphatic carbocycles. The summed E-state index contributed by atoms with van der Waals surface area (Å²) in [5.74, 6) is -0.0595. The predicted octanol–water partition coefficient (Wildman–Crippen LogP) is 6.60. The molecule has 6 heteroatoms. The van der Waals surface area contributed by atoms with Crippen molar-refractivity contribution in [3.8, 4) is 0 Å². The Morgan fingerprint density at radius 1 is 0.688 bits per heavy atom. The van der Waals surface area contributed by atoms with Crippen molar-refractivity contribution in [3.05, 3.63) is 97.1 Å². The lowest BCUT2D eigenvalue weighted by Crippen LogP contribution is -2.22. The van der Waals surface area contributed by atoms with Gasteiger partial charge in [-0.15, -0.1) is 11.8 Å². The SMILES string of the molecule is CC(Sc1ccc(NC(=O)Nc2ccccc2)cc1)C(=O)Nc1cccc2ccccc12. The van der Waals surface area contributed by atoms with Crippen LogP contribution in [0.3, 0.4) is 0 Å². The molecule has 1 unspecified atom stereocenters. The van der Waals surface area contributed by atoms with Crippen molar-refractivity contribution >= 4 is 51.5 Å². The lowest BCUT2D eigenvalue weighted by molar-refractivity contribution is -0.115. The molecule has 5 nitrogen and oxygen atoms in total. The summed E-state index contributed by atoms with van der Waals surface area (Å²) in [5.41, 5.74) is 2.21. The van der Waals surface area contributed by atoms with Crippen molar-refractivity contribution in [3.63, 3.8) is 0 Å². The van der Waals surface area contributed by atoms with Crippen LogP contribution in [0.15, 0.2) is 102 Å². The summed E-state index contributed by atoms with van der Waals surface area (Å²) >= 11 is 1.47. The zero-order valence-corrected chi connectivity index (χ0v) is 18.4. The number of benzene rings is 4. The van der Waals surface area contributed by atoms with E-state index >= 15 is 0 Å². The van der Waals surface area contributed by atoms with Crippen LogP contribution in [-0.4, -0.2) is 17.2 Å². The van der Waals surface area contributed by atoms with Gasteiger partial charge in [0.05, 0.1) is 5.25 Å². The van der Waals surface area contributed by atoms with Gasteiger partial charge < -0.3 is 16.0 Å². The zero-order valence-electron chi connectivity index (χ0n) is 17.5. The molecule has 0 radical (unpaired) electrons. The minimum atomic E-state index is -0.306. The van der Waals surface area contributed by atoms with Crippen LogP contribution in [0.1, 0.15) is 6.92 Å². The van der Waals surface area contributed by atoms with Gasteiger partial charge in [-0.1, -0.05) is 54.6 Å². The molecule has 0 aliphatic heterocycles. The van der Waals surface area contributed by atoms with Crippen molar-refractivity contribution in [1.29, 1.82) is 0 Å². The van der Waals surface area contributed by atoms with Crippen LogP contribution in [0.2, 0.25) is 0 Å². The monoisotopic (exact) mass is 441 g/mol. The van der Waals surface area contributed by atoms with Gasteiger partial charge >= 0.3 is 6.03 Å². The zero-order chi connectivity index (χ0) is 22.3. The standard InChI is InChI=1S/C26H23N3O2S/c1-18(25(30)29-24-13-7-9-19-8-5-6-12-23(19)24)32-22-16-14-21(15-17-22)28-26(31)27-20-10-3-2-4-11-20/h2-18H,1H3,(H,29,30)(H2,27,28,31). The van der Waals surface area contributed by atoms with E-state index in [-0.39, 0.29) is 17.2 Å². The number of amides is 3. The number of carbonyl (C=O) groups is 2. The number of fused-ring (bicyclic) bond motifs is 1. The molecule has 0 bridgehead atoms. The molecule has 4 aromatic carbocycles. The smallest absolute Gasteiger partial charge is 0.323 e. The molecule has 3 N–H and O–H groups in total. The highest BCUT2D eigenvalue weighted by atomic mass is 32.2. The largest absolute Gasteiger partial charge is 0.325 e. The van der Waals surface area contributed by atoms with Gasteiger partial charge in [0.2, 0.25) is 5.91 Å². The van der Waals surface area contributed by atoms with Crippen LogP contribution in [0.4, 0.5) is 21.9 Å². The Labute approximate surface area is 191 Å². The van der Waals surface area contributed by atoms with E-state index in [4.69, 9.17) is 0 Å². The van der Waals surface area contributed by atoms with Gasteiger partial charge in [-0.3, -0.25) is 4.79 Å². The van der Waals surface area contributed by atoms with Crippen LogP contribution in [0.25, 0.3) is 10.8 Å². The number of para-hydroxylation sites is 1. The Balaban J connectivity index is 1.33. The molecular weight excluding hydrogens is 418 g/mol. The van der Waals surface area contributed by atoms with E-state index < -0.39 is 0 Å². The Bertz CT molecular complexity index is 1220. The third-order valence-corrected chi connectivity index (χ3v) is 5.99. The van der Waals surface area contributed by atoms with Gasteiger partial charge in [-0.25, -0.2) is 4.79 Å². The second-order valence-corrected chi connectivity index (χ2v) is 8.66. The first kappa shape index (κ1) is 21.5. The summed E-state index contributed by atoms with van der Waals surface area (Å²) in [6.07, 6.45) is 0. The second kappa shape index (κ2) is 10.0. The third-order valence-electron chi connectivity index (χ3n) is 4.87. The van der Waals surface area contributed by atoms with E-state index in [1.54, 1.807) is 0 Å². The molecule has 4 aromatic rings. The number of anilines is 3. The first-order valence-corrected chi connectivity index (χ1v) is 11.1. The molecule has 0 spiro atoms. The first-order valence-electron chi connectivity index (χ1n) is 10.3. The number of rotatable bonds is 6. The van der Waals surface area contributed by atoms with Crippen LogP contribution in [-0.2, 0) is 4.79 Å². The Kier molecular flexibility index (Phi) is 6.72. The van der Waals surface area contributed by atoms with Gasteiger partial charge in [-0.2, -0.15) is 0 Å². The molecule has 0 saturated carbocycles. The van der Waals surface area contributed by atoms with Crippen LogP contribution in [0.5, 0.6) is 0 Å². The lowest BCUT2D eigenvalue weighted by atomic mass is 10.1. The highest BCUT2D eigenvalue weighted by Gasteiger charge is 2.15. The molecular formula is C26H23N3O2S. The Morgan fingerprint density at radius 2 is 1.31 bits per heavy atom. The highest BCUT2D eigenvalue weighted by molar-refractivity contribution is 8.00. The number of hydrogen-bond acceptors (Lipinski definition) is 3. The quantitative estimate of drug-likeness (QED) is 0.295. The molecule has 0 aromatic heterocycles. The van der Waals surface area contributed by atoms with E-state index in [1.807, 2.05) is 104 Å². The summed E-state index contributed by atoms with van der Waals surface area (Å²) in [7, 11) is 0. The van der Waals surface area contributed by atoms with E-state index in [9.17, 15) is 9.59 Å². The van der Waals surface area contributed by atoms with E-state index in [0.717, 1.165) is 27.0 Å². The molecule has 0 fully saturated rings. The maximum atomic E-state index is 12.7. The number of carbonyl (C=O) groups excluding carboxylic acids is 2. The fourth-order valence-corrected chi connectivity index (χ4v) is 4.13. The van der Waals surface area contributed by atoms with Gasteiger partial charge in [0, 0.05) is 27.3 Å². The van der Waals surface area contributed by atoms with Crippen molar-refractivity contribution in [2.45, 2.75) is 17.1 Å². The average molecular weight is 442 g/mol. The van der Waals surface area contributed by atoms with E-state index in [1.165, 1.54) is 11.8 Å². The molecule has 4 rings (SSSR count). The van der Waals surface area contributed by atoms with Gasteiger partial charge in [-0.05, 0) is 54.8 Å². The average Bonchev–Trinajstić information content (AvgIpc) is 2.81. The van der Waals surface area contributed by atoms with Crippen molar-refractivity contribution in [1.82, 2.24) is 0 Å². The summed E-state index contributed by atoms with van der Waals surface area (Å²) in [4.78, 5) is 25.8. The number of urea groups is 1. The highest BCUT2D eigenvalue weighted by Crippen LogP contribution is 2.27. The topological polar surface area (TPSA) is 70.2 Å². The fraction of sp³-hybridized carbons (Fsp3) is 0.0769. The van der Waals surface area contributed by atoms with E-state index in [2.05, 4.69) is 16.0 Å². The molecule has 0 saturated heterocycles. The second-order valence-electron chi connectivity index (χ2n) is 7.25. The van der Waals surface area contributed by atoms with Crippen LogP contribution in [0, 0.1) is 0 Å². The van der Waals surface area contributed by atoms with Crippen LogP contribution < -0.4 is 16.0 Å². The maximum absolute atomic E-state index is 12.7. The molecule has 32 heavy (non-hydrogen) atoms. The van der Waals surface area contributed by atoms with Gasteiger partial charge in [0.25, 0.3) is 0 Å². The minimum Gasteiger partial charge on any atom is -0.325 e. The molecule has 0 aliphatic rings.